The smallest absolute Gasteiger partial charge is 0.237 e. The van der Waals surface area contributed by atoms with Crippen molar-refractivity contribution in [3.8, 4) is 0 Å². The molecule has 6 nitrogen and oxygen atoms in total. The van der Waals surface area contributed by atoms with Crippen LogP contribution in [0.25, 0.3) is 0 Å². The SMILES string of the molecule is CNCc1cccc(CS(=O)(=O)Nc2cnn(C)c2)c1. The standard InChI is InChI=1S/C13H18N4O2S/c1-14-7-11-4-3-5-12(6-11)10-20(18,19)16-13-8-15-17(2)9-13/h3-6,8-9,14,16H,7,10H2,1-2H3. The second-order valence-electron chi connectivity index (χ2n) is 4.61. The molecular formula is C13H18N4O2S. The summed E-state index contributed by atoms with van der Waals surface area (Å²) in [6.07, 6.45) is 3.10. The van der Waals surface area contributed by atoms with Crippen LogP contribution in [0.15, 0.2) is 36.7 Å². The number of anilines is 1. The van der Waals surface area contributed by atoms with Crippen molar-refractivity contribution in [2.45, 2.75) is 12.3 Å². The van der Waals surface area contributed by atoms with E-state index in [0.29, 0.717) is 12.2 Å². The summed E-state index contributed by atoms with van der Waals surface area (Å²) in [5, 5.41) is 6.97. The maximum Gasteiger partial charge on any atom is 0.237 e. The van der Waals surface area contributed by atoms with Gasteiger partial charge in [-0.05, 0) is 18.2 Å². The molecule has 0 saturated heterocycles. The van der Waals surface area contributed by atoms with Gasteiger partial charge in [-0.25, -0.2) is 8.42 Å². The molecule has 0 aliphatic rings. The first kappa shape index (κ1) is 14.5. The van der Waals surface area contributed by atoms with E-state index in [1.807, 2.05) is 31.3 Å². The highest BCUT2D eigenvalue weighted by molar-refractivity contribution is 7.91. The lowest BCUT2D eigenvalue weighted by molar-refractivity contribution is 0.600. The van der Waals surface area contributed by atoms with E-state index in [9.17, 15) is 8.42 Å². The molecule has 1 aromatic carbocycles. The van der Waals surface area contributed by atoms with Gasteiger partial charge in [-0.2, -0.15) is 5.10 Å². The van der Waals surface area contributed by atoms with Gasteiger partial charge in [0.15, 0.2) is 0 Å². The van der Waals surface area contributed by atoms with Crippen LogP contribution in [0.4, 0.5) is 5.69 Å². The second kappa shape index (κ2) is 6.06. The molecule has 108 valence electrons. The first-order valence-corrected chi connectivity index (χ1v) is 7.85. The molecule has 0 unspecified atom stereocenters. The van der Waals surface area contributed by atoms with Crippen LogP contribution < -0.4 is 10.0 Å². The Hall–Kier alpha value is -1.86. The minimum atomic E-state index is -3.43. The fourth-order valence-corrected chi connectivity index (χ4v) is 3.10. The van der Waals surface area contributed by atoms with Crippen LogP contribution in [0.2, 0.25) is 0 Å². The molecule has 20 heavy (non-hydrogen) atoms. The van der Waals surface area contributed by atoms with Gasteiger partial charge in [0.25, 0.3) is 0 Å². The van der Waals surface area contributed by atoms with Crippen molar-refractivity contribution in [3.05, 3.63) is 47.8 Å². The molecule has 2 aromatic rings. The average molecular weight is 294 g/mol. The third-order valence-corrected chi connectivity index (χ3v) is 3.97. The van der Waals surface area contributed by atoms with Crippen molar-refractivity contribution in [1.82, 2.24) is 15.1 Å². The molecule has 0 amide bonds. The zero-order valence-corrected chi connectivity index (χ0v) is 12.3. The molecule has 0 fully saturated rings. The number of nitrogens with zero attached hydrogens (tertiary/aromatic N) is 2. The van der Waals surface area contributed by atoms with E-state index >= 15 is 0 Å². The number of aryl methyl sites for hydroxylation is 1. The topological polar surface area (TPSA) is 76.0 Å². The molecule has 1 aromatic heterocycles. The Labute approximate surface area is 118 Å². The summed E-state index contributed by atoms with van der Waals surface area (Å²) < 4.78 is 28.2. The van der Waals surface area contributed by atoms with E-state index in [2.05, 4.69) is 15.1 Å². The van der Waals surface area contributed by atoms with Crippen molar-refractivity contribution in [2.75, 3.05) is 11.8 Å². The zero-order chi connectivity index (χ0) is 14.6. The minimum absolute atomic E-state index is 0.0561. The Morgan fingerprint density at radius 3 is 2.70 bits per heavy atom. The number of hydrogen-bond donors (Lipinski definition) is 2. The largest absolute Gasteiger partial charge is 0.316 e. The number of sulfonamides is 1. The van der Waals surface area contributed by atoms with Gasteiger partial charge in [-0.15, -0.1) is 0 Å². The van der Waals surface area contributed by atoms with E-state index in [-0.39, 0.29) is 5.75 Å². The van der Waals surface area contributed by atoms with Gasteiger partial charge in [0.1, 0.15) is 0 Å². The zero-order valence-electron chi connectivity index (χ0n) is 11.5. The predicted octanol–water partition coefficient (Wildman–Crippen LogP) is 1.08. The maximum atomic E-state index is 12.1. The molecule has 0 bridgehead atoms. The average Bonchev–Trinajstić information content (AvgIpc) is 2.74. The number of hydrogen-bond acceptors (Lipinski definition) is 4. The number of benzene rings is 1. The van der Waals surface area contributed by atoms with E-state index < -0.39 is 10.0 Å². The van der Waals surface area contributed by atoms with Crippen molar-refractivity contribution in [2.24, 2.45) is 7.05 Å². The van der Waals surface area contributed by atoms with E-state index in [0.717, 1.165) is 11.1 Å². The highest BCUT2D eigenvalue weighted by atomic mass is 32.2. The van der Waals surface area contributed by atoms with E-state index in [1.54, 1.807) is 17.9 Å². The van der Waals surface area contributed by atoms with Gasteiger partial charge >= 0.3 is 0 Å². The van der Waals surface area contributed by atoms with Crippen LogP contribution in [-0.4, -0.2) is 25.2 Å². The van der Waals surface area contributed by atoms with Gasteiger partial charge < -0.3 is 5.32 Å². The molecule has 2 rings (SSSR count). The van der Waals surface area contributed by atoms with E-state index in [4.69, 9.17) is 0 Å². The number of nitrogens with one attached hydrogen (secondary N) is 2. The molecule has 2 N–H and O–H groups in total. The summed E-state index contributed by atoms with van der Waals surface area (Å²) in [6.45, 7) is 0.712. The Morgan fingerprint density at radius 1 is 1.30 bits per heavy atom. The van der Waals surface area contributed by atoms with Crippen molar-refractivity contribution < 1.29 is 8.42 Å². The molecule has 0 spiro atoms. The summed E-state index contributed by atoms with van der Waals surface area (Å²) in [7, 11) is 0.160. The van der Waals surface area contributed by atoms with Crippen molar-refractivity contribution in [1.29, 1.82) is 0 Å². The highest BCUT2D eigenvalue weighted by Gasteiger charge is 2.13. The summed E-state index contributed by atoms with van der Waals surface area (Å²) in [5.41, 5.74) is 2.29. The molecule has 0 atom stereocenters. The minimum Gasteiger partial charge on any atom is -0.316 e. The Bertz CT molecular complexity index is 679. The third kappa shape index (κ3) is 4.07. The van der Waals surface area contributed by atoms with Crippen LogP contribution in [0, 0.1) is 0 Å². The number of aromatic nitrogens is 2. The lowest BCUT2D eigenvalue weighted by Crippen LogP contribution is -2.15. The summed E-state index contributed by atoms with van der Waals surface area (Å²) in [5.74, 6) is -0.0561. The monoisotopic (exact) mass is 294 g/mol. The van der Waals surface area contributed by atoms with Crippen LogP contribution in [0.3, 0.4) is 0 Å². The van der Waals surface area contributed by atoms with Crippen LogP contribution in [-0.2, 0) is 29.4 Å². The molecular weight excluding hydrogens is 276 g/mol. The van der Waals surface area contributed by atoms with Crippen molar-refractivity contribution in [3.63, 3.8) is 0 Å². The molecule has 0 saturated carbocycles. The first-order valence-electron chi connectivity index (χ1n) is 6.20. The maximum absolute atomic E-state index is 12.1. The highest BCUT2D eigenvalue weighted by Crippen LogP contribution is 2.13. The summed E-state index contributed by atoms with van der Waals surface area (Å²) in [6, 6.07) is 7.52. The fourth-order valence-electron chi connectivity index (χ4n) is 1.94. The normalized spacial score (nSPS) is 11.5. The van der Waals surface area contributed by atoms with Gasteiger partial charge in [-0.1, -0.05) is 24.3 Å². The molecule has 0 aliphatic heterocycles. The fraction of sp³-hybridized carbons (Fsp3) is 0.308. The lowest BCUT2D eigenvalue weighted by Gasteiger charge is -2.07. The Morgan fingerprint density at radius 2 is 2.05 bits per heavy atom. The first-order chi connectivity index (χ1) is 9.48. The molecule has 1 heterocycles. The third-order valence-electron chi connectivity index (χ3n) is 2.71. The van der Waals surface area contributed by atoms with E-state index in [1.165, 1.54) is 6.20 Å². The van der Waals surface area contributed by atoms with Gasteiger partial charge in [0.05, 0.1) is 17.6 Å². The van der Waals surface area contributed by atoms with Crippen LogP contribution in [0.5, 0.6) is 0 Å². The predicted molar refractivity (Wildman–Crippen MR) is 78.7 cm³/mol. The number of rotatable bonds is 6. The van der Waals surface area contributed by atoms with Gasteiger partial charge in [0.2, 0.25) is 10.0 Å². The van der Waals surface area contributed by atoms with Crippen LogP contribution >= 0.6 is 0 Å². The lowest BCUT2D eigenvalue weighted by atomic mass is 10.1. The second-order valence-corrected chi connectivity index (χ2v) is 6.34. The van der Waals surface area contributed by atoms with Crippen molar-refractivity contribution >= 4 is 15.7 Å². The molecule has 7 heteroatoms. The summed E-state index contributed by atoms with van der Waals surface area (Å²) in [4.78, 5) is 0. The molecule has 0 radical (unpaired) electrons. The van der Waals surface area contributed by atoms with Gasteiger partial charge in [0, 0.05) is 19.8 Å². The Kier molecular flexibility index (Phi) is 4.41. The quantitative estimate of drug-likeness (QED) is 0.836. The van der Waals surface area contributed by atoms with Gasteiger partial charge in [-0.3, -0.25) is 9.40 Å². The summed E-state index contributed by atoms with van der Waals surface area (Å²) >= 11 is 0. The van der Waals surface area contributed by atoms with Crippen LogP contribution in [0.1, 0.15) is 11.1 Å². The molecule has 0 aliphatic carbocycles. The Balaban J connectivity index is 2.09.